The Hall–Kier alpha value is -3.02. The van der Waals surface area contributed by atoms with E-state index in [4.69, 9.17) is 10.8 Å². The van der Waals surface area contributed by atoms with Gasteiger partial charge < -0.3 is 21.3 Å². The number of carbonyl (C=O) groups excluding carboxylic acids is 1. The number of nitrogens with one attached hydrogen (secondary N) is 1. The second-order valence-corrected chi connectivity index (χ2v) is 4.11. The number of amides is 1. The summed E-state index contributed by atoms with van der Waals surface area (Å²) in [6, 6.07) is 9.87. The van der Waals surface area contributed by atoms with Crippen LogP contribution in [-0.4, -0.2) is 22.1 Å². The summed E-state index contributed by atoms with van der Waals surface area (Å²) < 4.78 is 0. The van der Waals surface area contributed by atoms with E-state index < -0.39 is 11.9 Å². The standard InChI is InChI=1S/C14H12N2O4/c15-11-7-9(14(19)20)4-5-12(11)16-13(18)8-2-1-3-10(17)6-8/h1-7,17H,15H2,(H,16,18)(H,19,20). The number of aromatic carboxylic acids is 1. The van der Waals surface area contributed by atoms with Gasteiger partial charge in [-0.15, -0.1) is 0 Å². The molecule has 0 fully saturated rings. The van der Waals surface area contributed by atoms with Gasteiger partial charge in [-0.1, -0.05) is 6.07 Å². The van der Waals surface area contributed by atoms with E-state index in [-0.39, 0.29) is 22.6 Å². The maximum Gasteiger partial charge on any atom is 0.335 e. The lowest BCUT2D eigenvalue weighted by molar-refractivity contribution is 0.0697. The molecule has 2 aromatic carbocycles. The Morgan fingerprint density at radius 3 is 2.40 bits per heavy atom. The van der Waals surface area contributed by atoms with E-state index in [9.17, 15) is 14.7 Å². The van der Waals surface area contributed by atoms with Gasteiger partial charge in [0.2, 0.25) is 0 Å². The molecule has 0 saturated heterocycles. The van der Waals surface area contributed by atoms with E-state index in [1.807, 2.05) is 0 Å². The number of hydrogen-bond acceptors (Lipinski definition) is 4. The highest BCUT2D eigenvalue weighted by Gasteiger charge is 2.10. The Balaban J connectivity index is 2.22. The third-order valence-electron chi connectivity index (χ3n) is 2.66. The largest absolute Gasteiger partial charge is 0.508 e. The highest BCUT2D eigenvalue weighted by Crippen LogP contribution is 2.21. The van der Waals surface area contributed by atoms with E-state index >= 15 is 0 Å². The van der Waals surface area contributed by atoms with Gasteiger partial charge in [0.25, 0.3) is 5.91 Å². The molecule has 0 radical (unpaired) electrons. The first kappa shape index (κ1) is 13.4. The number of rotatable bonds is 3. The summed E-state index contributed by atoms with van der Waals surface area (Å²) in [6.07, 6.45) is 0. The van der Waals surface area contributed by atoms with Gasteiger partial charge in [0.05, 0.1) is 16.9 Å². The Morgan fingerprint density at radius 1 is 1.05 bits per heavy atom. The van der Waals surface area contributed by atoms with Gasteiger partial charge in [-0.05, 0) is 36.4 Å². The highest BCUT2D eigenvalue weighted by atomic mass is 16.4. The van der Waals surface area contributed by atoms with Crippen molar-refractivity contribution in [3.8, 4) is 5.75 Å². The third-order valence-corrected chi connectivity index (χ3v) is 2.66. The van der Waals surface area contributed by atoms with Crippen LogP contribution in [0, 0.1) is 0 Å². The number of carboxylic acid groups (broad SMARTS) is 1. The summed E-state index contributed by atoms with van der Waals surface area (Å²) in [5.41, 5.74) is 6.46. The van der Waals surface area contributed by atoms with Crippen LogP contribution in [0.3, 0.4) is 0 Å². The van der Waals surface area contributed by atoms with Crippen LogP contribution in [-0.2, 0) is 0 Å². The van der Waals surface area contributed by atoms with E-state index in [1.165, 1.54) is 36.4 Å². The van der Waals surface area contributed by atoms with Crippen LogP contribution in [0.1, 0.15) is 20.7 Å². The first-order valence-electron chi connectivity index (χ1n) is 5.70. The first-order valence-corrected chi connectivity index (χ1v) is 5.70. The Morgan fingerprint density at radius 2 is 1.80 bits per heavy atom. The molecule has 6 nitrogen and oxygen atoms in total. The van der Waals surface area contributed by atoms with Crippen molar-refractivity contribution in [2.75, 3.05) is 11.1 Å². The summed E-state index contributed by atoms with van der Waals surface area (Å²) in [6.45, 7) is 0. The van der Waals surface area contributed by atoms with Gasteiger partial charge in [-0.3, -0.25) is 4.79 Å². The zero-order valence-corrected chi connectivity index (χ0v) is 10.3. The van der Waals surface area contributed by atoms with Crippen molar-refractivity contribution in [2.24, 2.45) is 0 Å². The van der Waals surface area contributed by atoms with Gasteiger partial charge in [-0.2, -0.15) is 0 Å². The normalized spacial score (nSPS) is 10.0. The maximum atomic E-state index is 11.9. The molecule has 1 amide bonds. The van der Waals surface area contributed by atoms with Gasteiger partial charge in [-0.25, -0.2) is 4.79 Å². The minimum atomic E-state index is -1.09. The number of hydrogen-bond donors (Lipinski definition) is 4. The monoisotopic (exact) mass is 272 g/mol. The smallest absolute Gasteiger partial charge is 0.335 e. The van der Waals surface area contributed by atoms with Crippen LogP contribution in [0.5, 0.6) is 5.75 Å². The average molecular weight is 272 g/mol. The van der Waals surface area contributed by atoms with E-state index in [2.05, 4.69) is 5.32 Å². The molecule has 102 valence electrons. The molecule has 2 aromatic rings. The highest BCUT2D eigenvalue weighted by molar-refractivity contribution is 6.06. The van der Waals surface area contributed by atoms with Gasteiger partial charge in [0, 0.05) is 5.56 Å². The first-order chi connectivity index (χ1) is 9.47. The number of phenolic OH excluding ortho intramolecular Hbond substituents is 1. The molecule has 2 rings (SSSR count). The molecule has 0 saturated carbocycles. The lowest BCUT2D eigenvalue weighted by Gasteiger charge is -2.09. The van der Waals surface area contributed by atoms with Crippen molar-refractivity contribution in [1.29, 1.82) is 0 Å². The Bertz CT molecular complexity index is 683. The van der Waals surface area contributed by atoms with Crippen LogP contribution in [0.25, 0.3) is 0 Å². The Kier molecular flexibility index (Phi) is 3.56. The van der Waals surface area contributed by atoms with Crippen molar-refractivity contribution in [3.63, 3.8) is 0 Å². The molecule has 0 heterocycles. The minimum absolute atomic E-state index is 0.0214. The molecule has 0 bridgehead atoms. The molecule has 5 N–H and O–H groups in total. The predicted molar refractivity (Wildman–Crippen MR) is 73.9 cm³/mol. The molecule has 0 atom stereocenters. The lowest BCUT2D eigenvalue weighted by Crippen LogP contribution is -2.13. The quantitative estimate of drug-likeness (QED) is 0.638. The van der Waals surface area contributed by atoms with Crippen molar-refractivity contribution >= 4 is 23.3 Å². The topological polar surface area (TPSA) is 113 Å². The number of carbonyl (C=O) groups is 2. The van der Waals surface area contributed by atoms with Gasteiger partial charge in [0.1, 0.15) is 5.75 Å². The number of benzene rings is 2. The average Bonchev–Trinajstić information content (AvgIpc) is 2.40. The summed E-state index contributed by atoms with van der Waals surface area (Å²) in [5, 5.41) is 20.7. The fourth-order valence-corrected chi connectivity index (χ4v) is 1.65. The molecule has 20 heavy (non-hydrogen) atoms. The van der Waals surface area contributed by atoms with Crippen molar-refractivity contribution in [2.45, 2.75) is 0 Å². The molecule has 0 aliphatic heterocycles. The van der Waals surface area contributed by atoms with Gasteiger partial charge in [0.15, 0.2) is 0 Å². The number of nitrogen functional groups attached to an aromatic ring is 1. The summed E-state index contributed by atoms with van der Waals surface area (Å²) in [4.78, 5) is 22.7. The fraction of sp³-hybridized carbons (Fsp3) is 0. The SMILES string of the molecule is Nc1cc(C(=O)O)ccc1NC(=O)c1cccc(O)c1. The van der Waals surface area contributed by atoms with Crippen LogP contribution < -0.4 is 11.1 Å². The van der Waals surface area contributed by atoms with Crippen molar-refractivity contribution in [1.82, 2.24) is 0 Å². The van der Waals surface area contributed by atoms with Crippen molar-refractivity contribution in [3.05, 3.63) is 53.6 Å². The second-order valence-electron chi connectivity index (χ2n) is 4.11. The fourth-order valence-electron chi connectivity index (χ4n) is 1.65. The maximum absolute atomic E-state index is 11.9. The van der Waals surface area contributed by atoms with Crippen LogP contribution >= 0.6 is 0 Å². The Labute approximate surface area is 114 Å². The second kappa shape index (κ2) is 5.31. The summed E-state index contributed by atoms with van der Waals surface area (Å²) in [7, 11) is 0. The van der Waals surface area contributed by atoms with Gasteiger partial charge >= 0.3 is 5.97 Å². The zero-order chi connectivity index (χ0) is 14.7. The molecule has 0 unspecified atom stereocenters. The zero-order valence-electron chi connectivity index (χ0n) is 10.3. The molecule has 0 aliphatic rings. The van der Waals surface area contributed by atoms with E-state index in [1.54, 1.807) is 6.07 Å². The third kappa shape index (κ3) is 2.86. The molecule has 6 heteroatoms. The molecule has 0 aliphatic carbocycles. The number of anilines is 2. The summed E-state index contributed by atoms with van der Waals surface area (Å²) in [5.74, 6) is -1.56. The molecule has 0 spiro atoms. The van der Waals surface area contributed by atoms with E-state index in [0.29, 0.717) is 5.69 Å². The summed E-state index contributed by atoms with van der Waals surface area (Å²) >= 11 is 0. The number of phenols is 1. The van der Waals surface area contributed by atoms with Crippen LogP contribution in [0.2, 0.25) is 0 Å². The van der Waals surface area contributed by atoms with Crippen molar-refractivity contribution < 1.29 is 19.8 Å². The minimum Gasteiger partial charge on any atom is -0.508 e. The molecular weight excluding hydrogens is 260 g/mol. The number of nitrogens with two attached hydrogens (primary N) is 1. The predicted octanol–water partition coefficient (Wildman–Crippen LogP) is 1.92. The van der Waals surface area contributed by atoms with Crippen LogP contribution in [0.15, 0.2) is 42.5 Å². The molecule has 0 aromatic heterocycles. The molecular formula is C14H12N2O4. The van der Waals surface area contributed by atoms with E-state index in [0.717, 1.165) is 0 Å². The number of carboxylic acids is 1. The van der Waals surface area contributed by atoms with Crippen LogP contribution in [0.4, 0.5) is 11.4 Å². The number of aromatic hydroxyl groups is 1. The lowest BCUT2D eigenvalue weighted by atomic mass is 10.1.